The van der Waals surface area contributed by atoms with Gasteiger partial charge in [0.05, 0.1) is 44.4 Å². The molecule has 0 radical (unpaired) electrons. The van der Waals surface area contributed by atoms with Crippen molar-refractivity contribution in [3.8, 4) is 12.3 Å². The molecule has 320 valence electrons. The first-order valence-corrected chi connectivity index (χ1v) is 19.9. The number of aryl methyl sites for hydroxylation is 2. The number of carbonyl (C=O) groups excluding carboxylic acids is 2. The average molecular weight is 831 g/mol. The molecule has 5 N–H and O–H groups in total. The zero-order valence-corrected chi connectivity index (χ0v) is 34.1. The normalized spacial score (nSPS) is 14.4. The molecule has 3 aromatic heterocycles. The molecule has 0 bridgehead atoms. The number of nitrogens with zero attached hydrogens (tertiary/aromatic N) is 13. The van der Waals surface area contributed by atoms with Gasteiger partial charge in [-0.05, 0) is 51.6 Å². The standard InChI is InChI=1S/C36H58N16O5.ClH/c1-2-20-55-22-24-57-25-23-56-21-11-39-34-40-35(49-16-12-47(13-17-49)32(53)28-51-26-30(43-45-51)7-3-5-9-37)42-36(41-34)50-18-14-48(15-19-50)33(54)29-52-27-31(44-46-52)8-4-6-10-38;/h1,26-27H,3-25,28-29,37-38H2,(H,39,40,41,42);1H. The molecule has 2 fully saturated rings. The third-order valence-corrected chi connectivity index (χ3v) is 9.44. The highest BCUT2D eigenvalue weighted by atomic mass is 35.5. The topological polar surface area (TPSA) is 239 Å². The Bertz CT molecular complexity index is 1590. The van der Waals surface area contributed by atoms with Crippen LogP contribution in [0.15, 0.2) is 12.4 Å². The van der Waals surface area contributed by atoms with Gasteiger partial charge in [0, 0.05) is 71.3 Å². The van der Waals surface area contributed by atoms with Gasteiger partial charge in [-0.15, -0.1) is 29.0 Å². The fourth-order valence-corrected chi connectivity index (χ4v) is 6.27. The van der Waals surface area contributed by atoms with Gasteiger partial charge in [-0.2, -0.15) is 15.0 Å². The summed E-state index contributed by atoms with van der Waals surface area (Å²) in [7, 11) is 0. The van der Waals surface area contributed by atoms with Crippen molar-refractivity contribution >= 4 is 42.1 Å². The highest BCUT2D eigenvalue weighted by Gasteiger charge is 2.27. The average Bonchev–Trinajstić information content (AvgIpc) is 3.89. The first-order valence-electron chi connectivity index (χ1n) is 19.9. The minimum atomic E-state index is -0.0198. The van der Waals surface area contributed by atoms with Crippen molar-refractivity contribution in [3.63, 3.8) is 0 Å². The monoisotopic (exact) mass is 830 g/mol. The Kier molecular flexibility index (Phi) is 20.3. The van der Waals surface area contributed by atoms with Crippen LogP contribution < -0.4 is 26.6 Å². The van der Waals surface area contributed by atoms with Crippen LogP contribution in [0.25, 0.3) is 0 Å². The number of hydrogen-bond acceptors (Lipinski definition) is 17. The van der Waals surface area contributed by atoms with Crippen molar-refractivity contribution in [2.75, 3.05) is 127 Å². The zero-order chi connectivity index (χ0) is 40.1. The van der Waals surface area contributed by atoms with E-state index in [9.17, 15) is 9.59 Å². The number of nitrogens with one attached hydrogen (secondary N) is 1. The van der Waals surface area contributed by atoms with Crippen molar-refractivity contribution in [1.29, 1.82) is 0 Å². The number of ether oxygens (including phenoxy) is 3. The molecule has 0 aromatic carbocycles. The van der Waals surface area contributed by atoms with E-state index in [0.29, 0.717) is 123 Å². The fraction of sp³-hybridized carbons (Fsp3) is 0.694. The molecule has 0 spiro atoms. The van der Waals surface area contributed by atoms with Crippen LogP contribution in [-0.4, -0.2) is 178 Å². The van der Waals surface area contributed by atoms with Crippen LogP contribution in [0.1, 0.15) is 37.1 Å². The molecule has 2 aliphatic heterocycles. The smallest absolute Gasteiger partial charge is 0.244 e. The van der Waals surface area contributed by atoms with Crippen LogP contribution in [-0.2, 0) is 49.7 Å². The van der Waals surface area contributed by atoms with Gasteiger partial charge in [-0.25, -0.2) is 9.36 Å². The molecule has 0 saturated carbocycles. The predicted octanol–water partition coefficient (Wildman–Crippen LogP) is -1.17. The van der Waals surface area contributed by atoms with Gasteiger partial charge in [-0.1, -0.05) is 16.3 Å². The number of terminal acetylenes is 1. The number of rotatable bonds is 25. The lowest BCUT2D eigenvalue weighted by molar-refractivity contribution is -0.133. The number of amides is 2. The Hall–Kier alpha value is -4.72. The third kappa shape index (κ3) is 15.2. The molecule has 0 unspecified atom stereocenters. The number of carbonyl (C=O) groups is 2. The van der Waals surface area contributed by atoms with Crippen molar-refractivity contribution in [2.24, 2.45) is 11.5 Å². The zero-order valence-electron chi connectivity index (χ0n) is 33.3. The lowest BCUT2D eigenvalue weighted by Crippen LogP contribution is -2.51. The molecule has 21 nitrogen and oxygen atoms in total. The van der Waals surface area contributed by atoms with Crippen LogP contribution >= 0.6 is 12.4 Å². The van der Waals surface area contributed by atoms with E-state index in [0.717, 1.165) is 49.9 Å². The first-order chi connectivity index (χ1) is 27.9. The third-order valence-electron chi connectivity index (χ3n) is 9.44. The van der Waals surface area contributed by atoms with E-state index in [1.165, 1.54) is 0 Å². The molecule has 2 amide bonds. The molecule has 22 heteroatoms. The van der Waals surface area contributed by atoms with Gasteiger partial charge >= 0.3 is 0 Å². The number of halogens is 1. The Balaban J connectivity index is 0.00000744. The van der Waals surface area contributed by atoms with Crippen LogP contribution in [0.4, 0.5) is 17.8 Å². The summed E-state index contributed by atoms with van der Waals surface area (Å²) >= 11 is 0. The number of aromatic nitrogens is 9. The summed E-state index contributed by atoms with van der Waals surface area (Å²) in [6.45, 7) is 8.67. The SMILES string of the molecule is C#CCOCCOCCOCCNc1nc(N2CCN(C(=O)Cn3cc(CCCCN)nn3)CC2)nc(N2CCN(C(=O)Cn3cc(CCCCN)nn3)CC2)n1.Cl. The van der Waals surface area contributed by atoms with E-state index in [4.69, 9.17) is 47.1 Å². The van der Waals surface area contributed by atoms with E-state index in [-0.39, 0.29) is 43.9 Å². The second kappa shape index (κ2) is 25.6. The number of piperazine rings is 2. The van der Waals surface area contributed by atoms with Crippen LogP contribution in [0.5, 0.6) is 0 Å². The van der Waals surface area contributed by atoms with Gasteiger partial charge in [0.2, 0.25) is 29.7 Å². The van der Waals surface area contributed by atoms with Crippen LogP contribution in [0.3, 0.4) is 0 Å². The predicted molar refractivity (Wildman–Crippen MR) is 218 cm³/mol. The summed E-state index contributed by atoms with van der Waals surface area (Å²) < 4.78 is 19.6. The number of nitrogens with two attached hydrogens (primary N) is 2. The Morgan fingerprint density at radius 1 is 0.672 bits per heavy atom. The number of unbranched alkanes of at least 4 members (excludes halogenated alkanes) is 2. The summed E-state index contributed by atoms with van der Waals surface area (Å²) in [5.74, 6) is 3.82. The van der Waals surface area contributed by atoms with Gasteiger partial charge in [-0.3, -0.25) is 9.59 Å². The summed E-state index contributed by atoms with van der Waals surface area (Å²) in [6.07, 6.45) is 14.1. The minimum Gasteiger partial charge on any atom is -0.377 e. The molecule has 0 atom stereocenters. The van der Waals surface area contributed by atoms with Crippen molar-refractivity contribution in [1.82, 2.24) is 54.7 Å². The Morgan fingerprint density at radius 2 is 1.14 bits per heavy atom. The Morgan fingerprint density at radius 3 is 1.60 bits per heavy atom. The van der Waals surface area contributed by atoms with Gasteiger partial charge < -0.3 is 50.6 Å². The Labute approximate surface area is 345 Å². The molecule has 5 heterocycles. The molecule has 2 aliphatic rings. The first kappa shape index (κ1) is 46.0. The van der Waals surface area contributed by atoms with Gasteiger partial charge in [0.25, 0.3) is 0 Å². The number of hydrogen-bond donors (Lipinski definition) is 3. The maximum Gasteiger partial charge on any atom is 0.244 e. The quantitative estimate of drug-likeness (QED) is 0.0674. The molecular weight excluding hydrogens is 772 g/mol. The maximum absolute atomic E-state index is 13.2. The van der Waals surface area contributed by atoms with Crippen molar-refractivity contribution < 1.29 is 23.8 Å². The second-order valence-electron chi connectivity index (χ2n) is 13.7. The molecule has 58 heavy (non-hydrogen) atoms. The summed E-state index contributed by atoms with van der Waals surface area (Å²) in [6, 6.07) is 0. The highest BCUT2D eigenvalue weighted by Crippen LogP contribution is 2.20. The van der Waals surface area contributed by atoms with E-state index < -0.39 is 0 Å². The lowest BCUT2D eigenvalue weighted by atomic mass is 10.2. The van der Waals surface area contributed by atoms with E-state index in [1.807, 2.05) is 22.2 Å². The molecule has 0 aliphatic carbocycles. The van der Waals surface area contributed by atoms with E-state index >= 15 is 0 Å². The lowest BCUT2D eigenvalue weighted by Gasteiger charge is -2.36. The number of anilines is 3. The minimum absolute atomic E-state index is 0. The van der Waals surface area contributed by atoms with E-state index in [1.54, 1.807) is 9.36 Å². The van der Waals surface area contributed by atoms with Gasteiger partial charge in [0.15, 0.2) is 0 Å². The largest absolute Gasteiger partial charge is 0.377 e. The van der Waals surface area contributed by atoms with Gasteiger partial charge in [0.1, 0.15) is 19.7 Å². The van der Waals surface area contributed by atoms with Crippen LogP contribution in [0, 0.1) is 12.3 Å². The molecule has 3 aromatic rings. The summed E-state index contributed by atoms with van der Waals surface area (Å²) in [5, 5.41) is 20.0. The summed E-state index contributed by atoms with van der Waals surface area (Å²) in [4.78, 5) is 48.5. The van der Waals surface area contributed by atoms with Crippen molar-refractivity contribution in [3.05, 3.63) is 23.8 Å². The second-order valence-corrected chi connectivity index (χ2v) is 13.7. The maximum atomic E-state index is 13.2. The van der Waals surface area contributed by atoms with E-state index in [2.05, 4.69) is 41.7 Å². The fourth-order valence-electron chi connectivity index (χ4n) is 6.27. The molecule has 2 saturated heterocycles. The van der Waals surface area contributed by atoms with Crippen molar-refractivity contribution in [2.45, 2.75) is 51.6 Å². The highest BCUT2D eigenvalue weighted by molar-refractivity contribution is 5.85. The van der Waals surface area contributed by atoms with Crippen LogP contribution in [0.2, 0.25) is 0 Å². The molecule has 5 rings (SSSR count). The summed E-state index contributed by atoms with van der Waals surface area (Å²) in [5.41, 5.74) is 12.9. The molecular formula is C36H59ClN16O5.